The Morgan fingerprint density at radius 2 is 0.384 bits per heavy atom. The summed E-state index contributed by atoms with van der Waals surface area (Å²) in [5.41, 5.74) is 0. The molecule has 7 heteroatoms. The first-order chi connectivity index (χ1) is 35.3. The molecule has 0 aromatic carbocycles. The van der Waals surface area contributed by atoms with E-state index >= 15 is 0 Å². The summed E-state index contributed by atoms with van der Waals surface area (Å²) < 4.78 is 0. The zero-order chi connectivity index (χ0) is 53.2. The third-order valence-electron chi connectivity index (χ3n) is 10.0. The first-order valence-corrected chi connectivity index (χ1v) is 26.9. The van der Waals surface area contributed by atoms with E-state index in [1.54, 1.807) is 36.5 Å². The van der Waals surface area contributed by atoms with E-state index < -0.39 is 17.9 Å². The van der Waals surface area contributed by atoms with Gasteiger partial charge in [0.05, 0.1) is 17.9 Å². The van der Waals surface area contributed by atoms with Crippen molar-refractivity contribution in [3.63, 3.8) is 0 Å². The van der Waals surface area contributed by atoms with Gasteiger partial charge in [-0.2, -0.15) is 0 Å². The van der Waals surface area contributed by atoms with Crippen molar-refractivity contribution in [1.82, 2.24) is 0 Å². The average Bonchev–Trinajstić information content (AvgIpc) is 3.36. The smallest absolute Gasteiger partial charge is 0.545 e. The number of carbonyl (C=O) groups is 3. The largest absolute Gasteiger partial charge is 3.00 e. The molecule has 0 aliphatic carbocycles. The Balaban J connectivity index is -0.000000486. The Labute approximate surface area is 456 Å². The molecule has 0 spiro atoms. The minimum absolute atomic E-state index is 0. The molecule has 0 amide bonds. The molecule has 0 aromatic rings. The minimum atomic E-state index is -1.19. The van der Waals surface area contributed by atoms with Crippen LogP contribution in [0.15, 0.2) is 219 Å². The van der Waals surface area contributed by atoms with E-state index in [4.69, 9.17) is 0 Å². The second-order valence-electron chi connectivity index (χ2n) is 16.7. The van der Waals surface area contributed by atoms with Crippen molar-refractivity contribution in [2.75, 3.05) is 0 Å². The number of carboxylic acids is 3. The molecule has 0 aromatic heterocycles. The van der Waals surface area contributed by atoms with Gasteiger partial charge in [-0.1, -0.05) is 337 Å². The SMILES string of the molecule is CCCCCCCCCC=CC=CC=CC=CC=CC=CC(=O)[O-].CCCCCCCCCC=CC=CC=CC=CC=CC=CC(=O)[O-].CCCCCCCCCC=CC=CC=CC=CC=CC=CC(=O)[O-].[Al+3]. The fourth-order valence-corrected chi connectivity index (χ4v) is 6.12. The first kappa shape index (κ1) is 73.8. The van der Waals surface area contributed by atoms with Gasteiger partial charge in [-0.05, 0) is 56.8 Å². The Morgan fingerprint density at radius 3 is 0.562 bits per heavy atom. The van der Waals surface area contributed by atoms with Crippen LogP contribution in [0, 0.1) is 0 Å². The van der Waals surface area contributed by atoms with Crippen molar-refractivity contribution < 1.29 is 29.7 Å². The standard InChI is InChI=1S/3C22H32O2.Al/c3*1-2-3-4-5-6-7-8-9-10-11-12-13-14-15-16-17-18-19-20-21-22(23)24;/h3*10-21H,2-9H2,1H3,(H,23,24);/q;;;+3/p-3. The summed E-state index contributed by atoms with van der Waals surface area (Å²) in [6.07, 6.45) is 97.2. The third kappa shape index (κ3) is 83.5. The van der Waals surface area contributed by atoms with Gasteiger partial charge in [0.25, 0.3) is 0 Å². The average molecular weight is 1010 g/mol. The Morgan fingerprint density at radius 1 is 0.233 bits per heavy atom. The van der Waals surface area contributed by atoms with Gasteiger partial charge >= 0.3 is 17.4 Å². The molecule has 0 fully saturated rings. The maximum absolute atomic E-state index is 10.1. The normalized spacial score (nSPS) is 12.9. The molecule has 0 heterocycles. The van der Waals surface area contributed by atoms with Crippen molar-refractivity contribution in [2.45, 2.75) is 175 Å². The summed E-state index contributed by atoms with van der Waals surface area (Å²) in [4.78, 5) is 30.3. The maximum Gasteiger partial charge on any atom is 3.00 e. The van der Waals surface area contributed by atoms with Crippen LogP contribution in [0.4, 0.5) is 0 Å². The molecule has 6 nitrogen and oxygen atoms in total. The first-order valence-electron chi connectivity index (χ1n) is 26.9. The van der Waals surface area contributed by atoms with Crippen LogP contribution in [0.25, 0.3) is 0 Å². The van der Waals surface area contributed by atoms with Crippen LogP contribution in [0.3, 0.4) is 0 Å². The number of unbranched alkanes of at least 4 members (excludes halogenated alkanes) is 21. The molecule has 0 bridgehead atoms. The van der Waals surface area contributed by atoms with Crippen molar-refractivity contribution in [3.05, 3.63) is 219 Å². The van der Waals surface area contributed by atoms with Crippen LogP contribution in [0.1, 0.15) is 175 Å². The molecule has 0 unspecified atom stereocenters. The summed E-state index contributed by atoms with van der Waals surface area (Å²) in [5, 5.41) is 30.3. The fourth-order valence-electron chi connectivity index (χ4n) is 6.12. The van der Waals surface area contributed by atoms with E-state index in [1.807, 2.05) is 109 Å². The van der Waals surface area contributed by atoms with Crippen LogP contribution in [-0.4, -0.2) is 35.3 Å². The molecule has 0 rings (SSSR count). The third-order valence-corrected chi connectivity index (χ3v) is 10.0. The molecule has 0 saturated carbocycles. The van der Waals surface area contributed by atoms with Crippen LogP contribution in [0.2, 0.25) is 0 Å². The summed E-state index contributed by atoms with van der Waals surface area (Å²) in [6.45, 7) is 6.76. The number of allylic oxidation sites excluding steroid dienone is 33. The molecule has 0 N–H and O–H groups in total. The quantitative estimate of drug-likeness (QED) is 0.0260. The predicted octanol–water partition coefficient (Wildman–Crippen LogP) is 15.3. The molecule has 0 aliphatic heterocycles. The van der Waals surface area contributed by atoms with Gasteiger partial charge in [-0.25, -0.2) is 0 Å². The molecule has 396 valence electrons. The van der Waals surface area contributed by atoms with Gasteiger partial charge in [-0.15, -0.1) is 0 Å². The summed E-state index contributed by atoms with van der Waals surface area (Å²) in [6, 6.07) is 0. The van der Waals surface area contributed by atoms with Gasteiger partial charge in [0.1, 0.15) is 0 Å². The fraction of sp³-hybridized carbons (Fsp3) is 0.409. The van der Waals surface area contributed by atoms with E-state index in [0.29, 0.717) is 0 Å². The van der Waals surface area contributed by atoms with E-state index in [0.717, 1.165) is 37.5 Å². The van der Waals surface area contributed by atoms with Crippen molar-refractivity contribution in [3.8, 4) is 0 Å². The van der Waals surface area contributed by atoms with Gasteiger partial charge in [-0.3, -0.25) is 0 Å². The van der Waals surface area contributed by atoms with Crippen molar-refractivity contribution >= 4 is 35.3 Å². The second kappa shape index (κ2) is 70.5. The number of rotatable bonds is 42. The van der Waals surface area contributed by atoms with Crippen LogP contribution < -0.4 is 15.3 Å². The van der Waals surface area contributed by atoms with Crippen molar-refractivity contribution in [2.24, 2.45) is 0 Å². The Kier molecular flexibility index (Phi) is 71.3. The number of aliphatic carboxylic acids is 3. The second-order valence-corrected chi connectivity index (χ2v) is 16.7. The molecule has 0 atom stereocenters. The summed E-state index contributed by atoms with van der Waals surface area (Å²) >= 11 is 0. The van der Waals surface area contributed by atoms with E-state index in [1.165, 1.54) is 153 Å². The number of carbonyl (C=O) groups excluding carboxylic acids is 3. The molecule has 73 heavy (non-hydrogen) atoms. The zero-order valence-electron chi connectivity index (χ0n) is 45.3. The molecular weight excluding hydrogens is 916 g/mol. The maximum atomic E-state index is 10.1. The topological polar surface area (TPSA) is 120 Å². The molecule has 0 saturated heterocycles. The van der Waals surface area contributed by atoms with Gasteiger partial charge in [0.15, 0.2) is 0 Å². The number of carboxylic acid groups (broad SMARTS) is 3. The monoisotopic (exact) mass is 1010 g/mol. The Bertz CT molecular complexity index is 1600. The van der Waals surface area contributed by atoms with Gasteiger partial charge < -0.3 is 29.7 Å². The minimum Gasteiger partial charge on any atom is -0.545 e. The number of hydrogen-bond donors (Lipinski definition) is 0. The molecular formula is C66H93AlO6. The van der Waals surface area contributed by atoms with E-state index in [2.05, 4.69) is 57.2 Å². The van der Waals surface area contributed by atoms with Crippen molar-refractivity contribution in [1.29, 1.82) is 0 Å². The van der Waals surface area contributed by atoms with E-state index in [-0.39, 0.29) is 17.4 Å². The van der Waals surface area contributed by atoms with Crippen LogP contribution >= 0.6 is 0 Å². The zero-order valence-corrected chi connectivity index (χ0v) is 46.4. The van der Waals surface area contributed by atoms with Crippen LogP contribution in [0.5, 0.6) is 0 Å². The van der Waals surface area contributed by atoms with Gasteiger partial charge in [0.2, 0.25) is 0 Å². The summed E-state index contributed by atoms with van der Waals surface area (Å²) in [7, 11) is 0. The Hall–Kier alpha value is -5.74. The van der Waals surface area contributed by atoms with Gasteiger partial charge in [0, 0.05) is 0 Å². The molecule has 0 radical (unpaired) electrons. The summed E-state index contributed by atoms with van der Waals surface area (Å²) in [5.74, 6) is -3.56. The molecule has 0 aliphatic rings. The van der Waals surface area contributed by atoms with Crippen LogP contribution in [-0.2, 0) is 14.4 Å². The predicted molar refractivity (Wildman–Crippen MR) is 313 cm³/mol. The van der Waals surface area contributed by atoms with E-state index in [9.17, 15) is 29.7 Å². The number of hydrogen-bond acceptors (Lipinski definition) is 6.